The predicted molar refractivity (Wildman–Crippen MR) is 53.2 cm³/mol. The van der Waals surface area contributed by atoms with E-state index in [1.165, 1.54) is 0 Å². The van der Waals surface area contributed by atoms with Crippen LogP contribution in [0.2, 0.25) is 0 Å². The number of nitrogens with zero attached hydrogens (tertiary/aromatic N) is 1. The van der Waals surface area contributed by atoms with E-state index in [1.54, 1.807) is 17.5 Å². The SMILES string of the molecule is OCc1cc2ncc(Br)cc2s1. The standard InChI is InChI=1S/C8H6BrNOS/c9-5-1-8-7(10-3-5)2-6(4-11)12-8/h1-3,11H,4H2. The number of halogens is 1. The third-order valence-corrected chi connectivity index (χ3v) is 3.03. The third-order valence-electron chi connectivity index (χ3n) is 1.54. The van der Waals surface area contributed by atoms with Gasteiger partial charge in [-0.2, -0.15) is 0 Å². The molecule has 0 aliphatic heterocycles. The zero-order valence-electron chi connectivity index (χ0n) is 6.12. The molecule has 0 aliphatic rings. The molecule has 0 radical (unpaired) electrons. The van der Waals surface area contributed by atoms with Crippen LogP contribution < -0.4 is 0 Å². The Kier molecular flexibility index (Phi) is 2.12. The van der Waals surface area contributed by atoms with Gasteiger partial charge in [-0.3, -0.25) is 4.98 Å². The van der Waals surface area contributed by atoms with Gasteiger partial charge in [-0.15, -0.1) is 11.3 Å². The predicted octanol–water partition coefficient (Wildman–Crippen LogP) is 2.55. The number of pyridine rings is 1. The maximum Gasteiger partial charge on any atom is 0.0814 e. The smallest absolute Gasteiger partial charge is 0.0814 e. The van der Waals surface area contributed by atoms with E-state index in [9.17, 15) is 0 Å². The van der Waals surface area contributed by atoms with E-state index in [0.717, 1.165) is 19.6 Å². The van der Waals surface area contributed by atoms with Crippen molar-refractivity contribution in [2.24, 2.45) is 0 Å². The van der Waals surface area contributed by atoms with Crippen molar-refractivity contribution in [3.8, 4) is 0 Å². The van der Waals surface area contributed by atoms with Gasteiger partial charge >= 0.3 is 0 Å². The molecule has 0 atom stereocenters. The molecule has 62 valence electrons. The molecule has 0 saturated heterocycles. The third kappa shape index (κ3) is 1.37. The highest BCUT2D eigenvalue weighted by atomic mass is 79.9. The van der Waals surface area contributed by atoms with Crippen LogP contribution >= 0.6 is 27.3 Å². The second-order valence-electron chi connectivity index (χ2n) is 2.41. The fourth-order valence-corrected chi connectivity index (χ4v) is 2.43. The van der Waals surface area contributed by atoms with Gasteiger partial charge < -0.3 is 5.11 Å². The van der Waals surface area contributed by atoms with Gasteiger partial charge in [0.1, 0.15) is 0 Å². The molecular weight excluding hydrogens is 238 g/mol. The number of aliphatic hydroxyl groups excluding tert-OH is 1. The van der Waals surface area contributed by atoms with E-state index < -0.39 is 0 Å². The maximum atomic E-state index is 8.88. The molecule has 0 aliphatic carbocycles. The van der Waals surface area contributed by atoms with Crippen LogP contribution in [0.5, 0.6) is 0 Å². The molecule has 12 heavy (non-hydrogen) atoms. The lowest BCUT2D eigenvalue weighted by molar-refractivity contribution is 0.285. The van der Waals surface area contributed by atoms with Crippen molar-refractivity contribution < 1.29 is 5.11 Å². The maximum absolute atomic E-state index is 8.88. The van der Waals surface area contributed by atoms with E-state index in [-0.39, 0.29) is 6.61 Å². The Balaban J connectivity index is 2.67. The molecule has 0 unspecified atom stereocenters. The van der Waals surface area contributed by atoms with Crippen molar-refractivity contribution in [3.05, 3.63) is 27.7 Å². The Bertz CT molecular complexity index is 412. The van der Waals surface area contributed by atoms with Crippen LogP contribution in [0.3, 0.4) is 0 Å². The number of hydrogen-bond donors (Lipinski definition) is 1. The van der Waals surface area contributed by atoms with Crippen molar-refractivity contribution in [2.75, 3.05) is 0 Å². The number of aromatic nitrogens is 1. The minimum Gasteiger partial charge on any atom is -0.391 e. The Morgan fingerprint density at radius 2 is 2.33 bits per heavy atom. The van der Waals surface area contributed by atoms with Crippen LogP contribution in [0.15, 0.2) is 22.8 Å². The van der Waals surface area contributed by atoms with Crippen molar-refractivity contribution in [2.45, 2.75) is 6.61 Å². The summed E-state index contributed by atoms with van der Waals surface area (Å²) in [7, 11) is 0. The number of hydrogen-bond acceptors (Lipinski definition) is 3. The van der Waals surface area contributed by atoms with E-state index in [1.807, 2.05) is 12.1 Å². The number of thiophene rings is 1. The Hall–Kier alpha value is -0.450. The molecule has 2 heterocycles. The van der Waals surface area contributed by atoms with Gasteiger partial charge in [0, 0.05) is 15.5 Å². The highest BCUT2D eigenvalue weighted by Crippen LogP contribution is 2.26. The lowest BCUT2D eigenvalue weighted by Gasteiger charge is -1.87. The molecule has 2 nitrogen and oxygen atoms in total. The zero-order valence-corrected chi connectivity index (χ0v) is 8.52. The van der Waals surface area contributed by atoms with Crippen LogP contribution in [0.4, 0.5) is 0 Å². The molecule has 2 rings (SSSR count). The first-order chi connectivity index (χ1) is 5.79. The van der Waals surface area contributed by atoms with Crippen LogP contribution in [0, 0.1) is 0 Å². The Labute approximate surface area is 82.0 Å². The molecule has 4 heteroatoms. The molecule has 1 N–H and O–H groups in total. The summed E-state index contributed by atoms with van der Waals surface area (Å²) in [6, 6.07) is 3.92. The van der Waals surface area contributed by atoms with Gasteiger partial charge in [0.2, 0.25) is 0 Å². The molecule has 0 spiro atoms. The molecule has 0 fully saturated rings. The van der Waals surface area contributed by atoms with E-state index >= 15 is 0 Å². The van der Waals surface area contributed by atoms with Crippen molar-refractivity contribution in [1.82, 2.24) is 4.98 Å². The summed E-state index contributed by atoms with van der Waals surface area (Å²) in [4.78, 5) is 5.16. The van der Waals surface area contributed by atoms with Crippen LogP contribution in [-0.2, 0) is 6.61 Å². The summed E-state index contributed by atoms with van der Waals surface area (Å²) in [5.41, 5.74) is 0.951. The quantitative estimate of drug-likeness (QED) is 0.836. The average molecular weight is 244 g/mol. The van der Waals surface area contributed by atoms with Crippen LogP contribution in [-0.4, -0.2) is 10.1 Å². The van der Waals surface area contributed by atoms with Crippen molar-refractivity contribution in [3.63, 3.8) is 0 Å². The molecule has 0 saturated carbocycles. The van der Waals surface area contributed by atoms with E-state index in [0.29, 0.717) is 0 Å². The first-order valence-corrected chi connectivity index (χ1v) is 5.05. The minimum absolute atomic E-state index is 0.0959. The topological polar surface area (TPSA) is 33.1 Å². The van der Waals surface area contributed by atoms with Crippen LogP contribution in [0.1, 0.15) is 4.88 Å². The van der Waals surface area contributed by atoms with Crippen LogP contribution in [0.25, 0.3) is 10.2 Å². The van der Waals surface area contributed by atoms with E-state index in [2.05, 4.69) is 20.9 Å². The molecule has 2 aromatic heterocycles. The summed E-state index contributed by atoms with van der Waals surface area (Å²) in [5, 5.41) is 8.88. The normalized spacial score (nSPS) is 10.8. The second-order valence-corrected chi connectivity index (χ2v) is 4.49. The van der Waals surface area contributed by atoms with Gasteiger partial charge in [0.05, 0.1) is 16.8 Å². The highest BCUT2D eigenvalue weighted by molar-refractivity contribution is 9.10. The van der Waals surface area contributed by atoms with Gasteiger partial charge in [0.15, 0.2) is 0 Å². The number of fused-ring (bicyclic) bond motifs is 1. The van der Waals surface area contributed by atoms with Gasteiger partial charge in [-0.1, -0.05) is 0 Å². The fraction of sp³-hybridized carbons (Fsp3) is 0.125. The largest absolute Gasteiger partial charge is 0.391 e. The fourth-order valence-electron chi connectivity index (χ4n) is 1.02. The van der Waals surface area contributed by atoms with Crippen molar-refractivity contribution in [1.29, 1.82) is 0 Å². The summed E-state index contributed by atoms with van der Waals surface area (Å²) in [6.45, 7) is 0.0959. The molecule has 0 aromatic carbocycles. The lowest BCUT2D eigenvalue weighted by atomic mass is 10.4. The minimum atomic E-state index is 0.0959. The molecule has 0 amide bonds. The molecular formula is C8H6BrNOS. The van der Waals surface area contributed by atoms with Crippen molar-refractivity contribution >= 4 is 37.5 Å². The molecule has 0 bridgehead atoms. The van der Waals surface area contributed by atoms with Gasteiger partial charge in [0.25, 0.3) is 0 Å². The first-order valence-electron chi connectivity index (χ1n) is 3.44. The van der Waals surface area contributed by atoms with Gasteiger partial charge in [-0.25, -0.2) is 0 Å². The Morgan fingerprint density at radius 1 is 1.50 bits per heavy atom. The summed E-state index contributed by atoms with van der Waals surface area (Å²) in [5.74, 6) is 0. The zero-order chi connectivity index (χ0) is 8.55. The summed E-state index contributed by atoms with van der Waals surface area (Å²) in [6.07, 6.45) is 1.76. The summed E-state index contributed by atoms with van der Waals surface area (Å²) < 4.78 is 2.08. The summed E-state index contributed by atoms with van der Waals surface area (Å²) >= 11 is 4.91. The first kappa shape index (κ1) is 8.16. The lowest BCUT2D eigenvalue weighted by Crippen LogP contribution is -1.72. The highest BCUT2D eigenvalue weighted by Gasteiger charge is 2.01. The Morgan fingerprint density at radius 3 is 3.08 bits per heavy atom. The van der Waals surface area contributed by atoms with Gasteiger partial charge in [-0.05, 0) is 28.1 Å². The number of rotatable bonds is 1. The molecule has 2 aromatic rings. The average Bonchev–Trinajstić information content (AvgIpc) is 2.46. The second kappa shape index (κ2) is 3.12. The monoisotopic (exact) mass is 243 g/mol. The van der Waals surface area contributed by atoms with E-state index in [4.69, 9.17) is 5.11 Å². The number of aliphatic hydroxyl groups is 1.